The van der Waals surface area contributed by atoms with E-state index in [9.17, 15) is 9.59 Å². The summed E-state index contributed by atoms with van der Waals surface area (Å²) in [4.78, 5) is 25.3. The summed E-state index contributed by atoms with van der Waals surface area (Å²) in [5.41, 5.74) is 3.67. The molecule has 0 unspecified atom stereocenters. The van der Waals surface area contributed by atoms with E-state index in [1.165, 1.54) is 11.1 Å². The first kappa shape index (κ1) is 21.6. The van der Waals surface area contributed by atoms with Crippen molar-refractivity contribution in [3.05, 3.63) is 71.3 Å². The lowest BCUT2D eigenvalue weighted by Gasteiger charge is -2.30. The summed E-state index contributed by atoms with van der Waals surface area (Å²) in [6.45, 7) is 3.48. The Morgan fingerprint density at radius 1 is 0.935 bits per heavy atom. The molecule has 0 spiro atoms. The highest BCUT2D eigenvalue weighted by atomic mass is 16.2. The van der Waals surface area contributed by atoms with E-state index in [-0.39, 0.29) is 29.8 Å². The molecular formula is C26H33N3O2. The van der Waals surface area contributed by atoms with Crippen molar-refractivity contribution >= 4 is 11.8 Å². The van der Waals surface area contributed by atoms with E-state index >= 15 is 0 Å². The molecule has 2 amide bonds. The van der Waals surface area contributed by atoms with E-state index in [0.29, 0.717) is 12.5 Å². The standard InChI is InChI=1S/C26H33N3O2/c1-18(20-7-3-2-4-8-20)29-25(30)21-13-11-19(12-14-21)16-28-26(31)24-15-22-9-5-6-10-23(22)17-27-24/h2-10,18-19,21,24,27H,11-17H2,1H3,(H,28,31)(H,29,30)/t18-,19?,21?,24-/m1/s1. The van der Waals surface area contributed by atoms with Gasteiger partial charge in [-0.05, 0) is 61.6 Å². The molecule has 164 valence electrons. The SMILES string of the molecule is C[C@@H](NC(=O)C1CCC(CNC(=O)[C@H]2Cc3ccccc3CN2)CC1)c1ccccc1. The first-order valence-corrected chi connectivity index (χ1v) is 11.5. The van der Waals surface area contributed by atoms with Gasteiger partial charge >= 0.3 is 0 Å². The molecule has 2 aromatic carbocycles. The topological polar surface area (TPSA) is 70.2 Å². The summed E-state index contributed by atoms with van der Waals surface area (Å²) in [6.07, 6.45) is 4.50. The zero-order chi connectivity index (χ0) is 21.6. The Morgan fingerprint density at radius 3 is 2.35 bits per heavy atom. The van der Waals surface area contributed by atoms with Crippen LogP contribution in [-0.4, -0.2) is 24.4 Å². The monoisotopic (exact) mass is 419 g/mol. The summed E-state index contributed by atoms with van der Waals surface area (Å²) in [6, 6.07) is 18.3. The van der Waals surface area contributed by atoms with Crippen LogP contribution in [-0.2, 0) is 22.6 Å². The zero-order valence-electron chi connectivity index (χ0n) is 18.3. The van der Waals surface area contributed by atoms with E-state index in [1.54, 1.807) is 0 Å². The molecular weight excluding hydrogens is 386 g/mol. The molecule has 0 radical (unpaired) electrons. The predicted molar refractivity (Wildman–Crippen MR) is 122 cm³/mol. The predicted octanol–water partition coefficient (Wildman–Crippen LogP) is 3.50. The van der Waals surface area contributed by atoms with Crippen LogP contribution in [0.3, 0.4) is 0 Å². The van der Waals surface area contributed by atoms with Gasteiger partial charge in [-0.25, -0.2) is 0 Å². The maximum absolute atomic E-state index is 12.7. The van der Waals surface area contributed by atoms with E-state index in [0.717, 1.165) is 44.2 Å². The van der Waals surface area contributed by atoms with Crippen molar-refractivity contribution in [2.45, 2.75) is 57.7 Å². The lowest BCUT2D eigenvalue weighted by molar-refractivity contribution is -0.127. The van der Waals surface area contributed by atoms with Crippen molar-refractivity contribution in [3.8, 4) is 0 Å². The first-order chi connectivity index (χ1) is 15.1. The van der Waals surface area contributed by atoms with Gasteiger partial charge in [0.25, 0.3) is 0 Å². The largest absolute Gasteiger partial charge is 0.354 e. The Kier molecular flexibility index (Phi) is 7.03. The van der Waals surface area contributed by atoms with E-state index in [1.807, 2.05) is 49.4 Å². The number of rotatable bonds is 6. The Bertz CT molecular complexity index is 891. The average Bonchev–Trinajstić information content (AvgIpc) is 2.83. The van der Waals surface area contributed by atoms with Crippen molar-refractivity contribution in [3.63, 3.8) is 0 Å². The highest BCUT2D eigenvalue weighted by Gasteiger charge is 2.29. The quantitative estimate of drug-likeness (QED) is 0.671. The van der Waals surface area contributed by atoms with Crippen LogP contribution >= 0.6 is 0 Å². The Hall–Kier alpha value is -2.66. The maximum atomic E-state index is 12.7. The van der Waals surface area contributed by atoms with E-state index < -0.39 is 0 Å². The molecule has 1 heterocycles. The summed E-state index contributed by atoms with van der Waals surface area (Å²) in [5, 5.41) is 9.67. The molecule has 31 heavy (non-hydrogen) atoms. The molecule has 5 nitrogen and oxygen atoms in total. The second kappa shape index (κ2) is 10.1. The summed E-state index contributed by atoms with van der Waals surface area (Å²) < 4.78 is 0. The number of benzene rings is 2. The normalized spacial score (nSPS) is 24.0. The van der Waals surface area contributed by atoms with Crippen LogP contribution in [0.2, 0.25) is 0 Å². The van der Waals surface area contributed by atoms with E-state index in [2.05, 4.69) is 28.1 Å². The molecule has 1 aliphatic carbocycles. The molecule has 1 fully saturated rings. The molecule has 1 aliphatic heterocycles. The van der Waals surface area contributed by atoms with Gasteiger partial charge in [0.1, 0.15) is 0 Å². The first-order valence-electron chi connectivity index (χ1n) is 11.5. The minimum atomic E-state index is -0.156. The maximum Gasteiger partial charge on any atom is 0.237 e. The van der Waals surface area contributed by atoms with E-state index in [4.69, 9.17) is 0 Å². The third-order valence-electron chi connectivity index (χ3n) is 6.84. The van der Waals surface area contributed by atoms with Gasteiger partial charge < -0.3 is 16.0 Å². The van der Waals surface area contributed by atoms with Crippen molar-refractivity contribution < 1.29 is 9.59 Å². The highest BCUT2D eigenvalue weighted by molar-refractivity contribution is 5.82. The van der Waals surface area contributed by atoms with Crippen LogP contribution < -0.4 is 16.0 Å². The van der Waals surface area contributed by atoms with Gasteiger partial charge in [0, 0.05) is 19.0 Å². The fraction of sp³-hybridized carbons (Fsp3) is 0.462. The number of carbonyl (C=O) groups excluding carboxylic acids is 2. The number of hydrogen-bond acceptors (Lipinski definition) is 3. The van der Waals surface area contributed by atoms with Gasteiger partial charge in [0.2, 0.25) is 11.8 Å². The summed E-state index contributed by atoms with van der Waals surface area (Å²) in [5.74, 6) is 0.778. The van der Waals surface area contributed by atoms with Crippen LogP contribution in [0.5, 0.6) is 0 Å². The molecule has 2 atom stereocenters. The highest BCUT2D eigenvalue weighted by Crippen LogP contribution is 2.29. The number of fused-ring (bicyclic) bond motifs is 1. The summed E-state index contributed by atoms with van der Waals surface area (Å²) in [7, 11) is 0. The fourth-order valence-corrected chi connectivity index (χ4v) is 4.79. The Balaban J connectivity index is 1.18. The van der Waals surface area contributed by atoms with Gasteiger partial charge in [-0.2, -0.15) is 0 Å². The van der Waals surface area contributed by atoms with Crippen molar-refractivity contribution in [2.75, 3.05) is 6.54 Å². The number of carbonyl (C=O) groups is 2. The number of nitrogens with one attached hydrogen (secondary N) is 3. The minimum absolute atomic E-state index is 0.0267. The lowest BCUT2D eigenvalue weighted by Crippen LogP contribution is -2.48. The molecule has 2 aromatic rings. The Morgan fingerprint density at radius 2 is 1.61 bits per heavy atom. The van der Waals surface area contributed by atoms with Gasteiger partial charge in [-0.1, -0.05) is 54.6 Å². The van der Waals surface area contributed by atoms with Crippen LogP contribution in [0.1, 0.15) is 55.3 Å². The second-order valence-corrected chi connectivity index (χ2v) is 9.01. The molecule has 1 saturated carbocycles. The molecule has 3 N–H and O–H groups in total. The van der Waals surface area contributed by atoms with Crippen LogP contribution in [0, 0.1) is 11.8 Å². The average molecular weight is 420 g/mol. The van der Waals surface area contributed by atoms with Gasteiger partial charge in [-0.15, -0.1) is 0 Å². The van der Waals surface area contributed by atoms with Crippen molar-refractivity contribution in [1.29, 1.82) is 0 Å². The minimum Gasteiger partial charge on any atom is -0.354 e. The molecule has 0 saturated heterocycles. The number of amides is 2. The molecule has 2 aliphatic rings. The zero-order valence-corrected chi connectivity index (χ0v) is 18.3. The molecule has 5 heteroatoms. The second-order valence-electron chi connectivity index (χ2n) is 9.01. The van der Waals surface area contributed by atoms with Crippen molar-refractivity contribution in [1.82, 2.24) is 16.0 Å². The van der Waals surface area contributed by atoms with Gasteiger partial charge in [0.05, 0.1) is 12.1 Å². The van der Waals surface area contributed by atoms with Crippen LogP contribution in [0.4, 0.5) is 0 Å². The third kappa shape index (κ3) is 5.53. The van der Waals surface area contributed by atoms with Crippen molar-refractivity contribution in [2.24, 2.45) is 11.8 Å². The Labute approximate surface area is 185 Å². The van der Waals surface area contributed by atoms with Crippen LogP contribution in [0.25, 0.3) is 0 Å². The fourth-order valence-electron chi connectivity index (χ4n) is 4.79. The number of hydrogen-bond donors (Lipinski definition) is 3. The third-order valence-corrected chi connectivity index (χ3v) is 6.84. The molecule has 0 aromatic heterocycles. The van der Waals surface area contributed by atoms with Gasteiger partial charge in [0.15, 0.2) is 0 Å². The molecule has 4 rings (SSSR count). The molecule has 0 bridgehead atoms. The van der Waals surface area contributed by atoms with Crippen LogP contribution in [0.15, 0.2) is 54.6 Å². The summed E-state index contributed by atoms with van der Waals surface area (Å²) >= 11 is 0. The lowest BCUT2D eigenvalue weighted by atomic mass is 9.81. The van der Waals surface area contributed by atoms with Gasteiger partial charge in [-0.3, -0.25) is 9.59 Å². The smallest absolute Gasteiger partial charge is 0.237 e.